The van der Waals surface area contributed by atoms with Crippen LogP contribution in [0.25, 0.3) is 0 Å². The molecule has 0 radical (unpaired) electrons. The molecule has 1 unspecified atom stereocenters. The third-order valence-corrected chi connectivity index (χ3v) is 9.78. The SMILES string of the molecule is C[C@@]1(O)CC[C@]2(C)C3=CC[C@@]4(C)C(CC[C@H]4C(=O)Cn4cc(C#N)cn4)[C@@H]3CC[C@H]2C1. The Morgan fingerprint density at radius 2 is 2.06 bits per heavy atom. The van der Waals surface area contributed by atoms with Gasteiger partial charge in [-0.15, -0.1) is 0 Å². The van der Waals surface area contributed by atoms with E-state index < -0.39 is 5.60 Å². The molecule has 5 rings (SSSR count). The van der Waals surface area contributed by atoms with Gasteiger partial charge >= 0.3 is 0 Å². The number of aromatic nitrogens is 2. The minimum Gasteiger partial charge on any atom is -0.390 e. The summed E-state index contributed by atoms with van der Waals surface area (Å²) in [5.41, 5.74) is 1.89. The summed E-state index contributed by atoms with van der Waals surface area (Å²) in [5.74, 6) is 2.09. The molecule has 4 aliphatic rings. The number of aliphatic hydroxyl groups is 1. The topological polar surface area (TPSA) is 78.9 Å². The van der Waals surface area contributed by atoms with Gasteiger partial charge in [0.15, 0.2) is 5.78 Å². The number of hydrogen-bond donors (Lipinski definition) is 1. The lowest BCUT2D eigenvalue weighted by atomic mass is 9.47. The van der Waals surface area contributed by atoms with Gasteiger partial charge in [-0.25, -0.2) is 0 Å². The summed E-state index contributed by atoms with van der Waals surface area (Å²) in [6.45, 7) is 7.09. The molecule has 31 heavy (non-hydrogen) atoms. The van der Waals surface area contributed by atoms with Gasteiger partial charge in [-0.2, -0.15) is 10.4 Å². The molecule has 3 saturated carbocycles. The van der Waals surface area contributed by atoms with Gasteiger partial charge in [-0.05, 0) is 86.9 Å². The van der Waals surface area contributed by atoms with Crippen LogP contribution >= 0.6 is 0 Å². The zero-order valence-electron chi connectivity index (χ0n) is 19.1. The highest BCUT2D eigenvalue weighted by atomic mass is 16.3. The smallest absolute Gasteiger partial charge is 0.157 e. The van der Waals surface area contributed by atoms with Crippen LogP contribution in [0.2, 0.25) is 0 Å². The van der Waals surface area contributed by atoms with Crippen molar-refractivity contribution in [2.24, 2.45) is 34.5 Å². The number of fused-ring (bicyclic) bond motifs is 5. The lowest BCUT2D eigenvalue weighted by molar-refractivity contribution is -0.128. The largest absolute Gasteiger partial charge is 0.390 e. The molecule has 0 saturated heterocycles. The fraction of sp³-hybridized carbons (Fsp3) is 0.731. The second-order valence-corrected chi connectivity index (χ2v) is 11.6. The first-order valence-corrected chi connectivity index (χ1v) is 12.0. The van der Waals surface area contributed by atoms with Gasteiger partial charge in [-0.1, -0.05) is 25.5 Å². The summed E-state index contributed by atoms with van der Waals surface area (Å²) < 4.78 is 1.63. The number of nitriles is 1. The van der Waals surface area contributed by atoms with Gasteiger partial charge in [0, 0.05) is 12.1 Å². The van der Waals surface area contributed by atoms with Crippen LogP contribution in [0.4, 0.5) is 0 Å². The van der Waals surface area contributed by atoms with Gasteiger partial charge in [0.05, 0.1) is 23.9 Å². The van der Waals surface area contributed by atoms with E-state index in [1.165, 1.54) is 19.0 Å². The summed E-state index contributed by atoms with van der Waals surface area (Å²) in [6.07, 6.45) is 14.1. The minimum absolute atomic E-state index is 0.0276. The van der Waals surface area contributed by atoms with E-state index in [0.717, 1.165) is 38.5 Å². The average molecular weight is 422 g/mol. The molecule has 4 aliphatic carbocycles. The number of carbonyl (C=O) groups is 1. The van der Waals surface area contributed by atoms with Crippen LogP contribution in [0, 0.1) is 45.8 Å². The van der Waals surface area contributed by atoms with Gasteiger partial charge in [0.25, 0.3) is 0 Å². The van der Waals surface area contributed by atoms with Crippen molar-refractivity contribution in [2.75, 3.05) is 0 Å². The van der Waals surface area contributed by atoms with E-state index in [1.54, 1.807) is 16.5 Å². The van der Waals surface area contributed by atoms with Crippen molar-refractivity contribution in [2.45, 2.75) is 84.3 Å². The van der Waals surface area contributed by atoms with Crippen LogP contribution < -0.4 is 0 Å². The molecular formula is C26H35N3O2. The number of nitrogens with zero attached hydrogens (tertiary/aromatic N) is 3. The van der Waals surface area contributed by atoms with E-state index >= 15 is 0 Å². The number of carbonyl (C=O) groups excluding carboxylic acids is 1. The molecule has 1 heterocycles. The number of rotatable bonds is 3. The molecule has 1 aromatic rings. The predicted octanol–water partition coefficient (Wildman–Crippen LogP) is 4.65. The normalized spacial score (nSPS) is 43.9. The van der Waals surface area contributed by atoms with Gasteiger partial charge in [0.2, 0.25) is 0 Å². The van der Waals surface area contributed by atoms with Crippen molar-refractivity contribution in [1.29, 1.82) is 5.26 Å². The molecule has 166 valence electrons. The number of allylic oxidation sites excluding steroid dienone is 2. The summed E-state index contributed by atoms with van der Waals surface area (Å²) in [7, 11) is 0. The molecule has 1 aromatic heterocycles. The van der Waals surface area contributed by atoms with Crippen molar-refractivity contribution in [3.63, 3.8) is 0 Å². The molecule has 5 heteroatoms. The Balaban J connectivity index is 1.38. The maximum atomic E-state index is 13.3. The molecule has 0 amide bonds. The van der Waals surface area contributed by atoms with E-state index in [1.807, 2.05) is 6.92 Å². The Morgan fingerprint density at radius 1 is 1.26 bits per heavy atom. The maximum absolute atomic E-state index is 13.3. The number of ketones is 1. The Hall–Kier alpha value is -1.93. The Labute approximate surface area is 185 Å². The summed E-state index contributed by atoms with van der Waals surface area (Å²) >= 11 is 0. The van der Waals surface area contributed by atoms with Crippen LogP contribution in [0.3, 0.4) is 0 Å². The van der Waals surface area contributed by atoms with Crippen molar-refractivity contribution in [3.05, 3.63) is 29.6 Å². The van der Waals surface area contributed by atoms with E-state index in [9.17, 15) is 9.90 Å². The molecule has 1 N–H and O–H groups in total. The standard InChI is InChI=1S/C26H35N3O2/c1-24(31)10-11-25(2)18(12-24)4-5-19-20-6-7-22(26(20,3)9-8-21(19)25)23(30)16-29-15-17(13-27)14-28-29/h8,14-15,18-20,22,31H,4-7,9-12,16H2,1-3H3/t18-,19-,20?,22-,24+,25-,26-/m0/s1. The first kappa shape index (κ1) is 20.9. The van der Waals surface area contributed by atoms with E-state index in [-0.39, 0.29) is 29.1 Å². The zero-order chi connectivity index (χ0) is 22.0. The summed E-state index contributed by atoms with van der Waals surface area (Å²) in [4.78, 5) is 13.3. The average Bonchev–Trinajstić information content (AvgIpc) is 3.31. The van der Waals surface area contributed by atoms with Gasteiger partial charge in [0.1, 0.15) is 6.07 Å². The monoisotopic (exact) mass is 421 g/mol. The number of Topliss-reactive ketones (excluding diaryl/α,β-unsaturated/α-hetero) is 1. The lowest BCUT2D eigenvalue weighted by Gasteiger charge is -2.58. The maximum Gasteiger partial charge on any atom is 0.157 e. The van der Waals surface area contributed by atoms with Crippen LogP contribution in [0.1, 0.15) is 77.7 Å². The fourth-order valence-corrected chi connectivity index (χ4v) is 8.01. The third kappa shape index (κ3) is 3.21. The van der Waals surface area contributed by atoms with Crippen LogP contribution in [0.15, 0.2) is 24.0 Å². The van der Waals surface area contributed by atoms with Crippen molar-refractivity contribution >= 4 is 5.78 Å². The Bertz CT molecular complexity index is 970. The van der Waals surface area contributed by atoms with Crippen LogP contribution in [-0.2, 0) is 11.3 Å². The second kappa shape index (κ2) is 7.04. The minimum atomic E-state index is -0.510. The molecule has 0 bridgehead atoms. The Morgan fingerprint density at radius 3 is 2.81 bits per heavy atom. The molecule has 5 nitrogen and oxygen atoms in total. The molecule has 0 aliphatic heterocycles. The van der Waals surface area contributed by atoms with Crippen molar-refractivity contribution in [1.82, 2.24) is 9.78 Å². The summed E-state index contributed by atoms with van der Waals surface area (Å²) in [5, 5.41) is 23.9. The van der Waals surface area contributed by atoms with Crippen molar-refractivity contribution < 1.29 is 9.90 Å². The lowest BCUT2D eigenvalue weighted by Crippen LogP contribution is -2.51. The first-order chi connectivity index (χ1) is 14.7. The van der Waals surface area contributed by atoms with Crippen LogP contribution in [0.5, 0.6) is 0 Å². The first-order valence-electron chi connectivity index (χ1n) is 12.0. The predicted molar refractivity (Wildman–Crippen MR) is 118 cm³/mol. The van der Waals surface area contributed by atoms with Gasteiger partial charge in [-0.3, -0.25) is 9.48 Å². The van der Waals surface area contributed by atoms with E-state index in [4.69, 9.17) is 5.26 Å². The Kier molecular flexibility index (Phi) is 4.75. The fourth-order valence-electron chi connectivity index (χ4n) is 8.01. The highest BCUT2D eigenvalue weighted by Gasteiger charge is 2.59. The van der Waals surface area contributed by atoms with Crippen molar-refractivity contribution in [3.8, 4) is 6.07 Å². The number of hydrogen-bond acceptors (Lipinski definition) is 4. The third-order valence-electron chi connectivity index (χ3n) is 9.78. The quantitative estimate of drug-likeness (QED) is 0.720. The highest BCUT2D eigenvalue weighted by molar-refractivity contribution is 5.82. The van der Waals surface area contributed by atoms with Crippen LogP contribution in [-0.4, -0.2) is 26.3 Å². The molecule has 0 aromatic carbocycles. The molecule has 7 atom stereocenters. The molecule has 3 fully saturated rings. The summed E-state index contributed by atoms with van der Waals surface area (Å²) in [6, 6.07) is 2.09. The van der Waals surface area contributed by atoms with Gasteiger partial charge < -0.3 is 5.11 Å². The van der Waals surface area contributed by atoms with E-state index in [2.05, 4.69) is 31.1 Å². The highest BCUT2D eigenvalue weighted by Crippen LogP contribution is 2.66. The molecular weight excluding hydrogens is 386 g/mol. The second-order valence-electron chi connectivity index (χ2n) is 11.6. The molecule has 0 spiro atoms. The van der Waals surface area contributed by atoms with E-state index in [0.29, 0.717) is 23.3 Å². The zero-order valence-corrected chi connectivity index (χ0v) is 19.1.